The Hall–Kier alpha value is -1.14. The monoisotopic (exact) mass is 228 g/mol. The fourth-order valence-electron chi connectivity index (χ4n) is 2.05. The lowest BCUT2D eigenvalue weighted by molar-refractivity contribution is -0.147. The van der Waals surface area contributed by atoms with Gasteiger partial charge >= 0.3 is 11.8 Å². The molecular formula is C10H20N4O2. The van der Waals surface area contributed by atoms with Gasteiger partial charge < -0.3 is 9.80 Å². The van der Waals surface area contributed by atoms with E-state index in [9.17, 15) is 9.59 Å². The van der Waals surface area contributed by atoms with Gasteiger partial charge in [-0.3, -0.25) is 15.0 Å². The molecule has 16 heavy (non-hydrogen) atoms. The molecule has 1 rings (SSSR count). The van der Waals surface area contributed by atoms with E-state index in [0.29, 0.717) is 6.54 Å². The third kappa shape index (κ3) is 2.93. The highest BCUT2D eigenvalue weighted by Crippen LogP contribution is 2.12. The first-order chi connectivity index (χ1) is 7.60. The van der Waals surface area contributed by atoms with Gasteiger partial charge in [0.1, 0.15) is 0 Å². The number of rotatable bonds is 1. The number of nitrogens with one attached hydrogen (secondary N) is 1. The first-order valence-corrected chi connectivity index (χ1v) is 5.60. The molecule has 0 spiro atoms. The number of amides is 2. The van der Waals surface area contributed by atoms with Crippen molar-refractivity contribution >= 4 is 11.8 Å². The molecule has 0 aliphatic carbocycles. The number of carbonyl (C=O) groups is 2. The zero-order chi connectivity index (χ0) is 12.1. The molecule has 1 aliphatic heterocycles. The first kappa shape index (κ1) is 12.9. The standard InChI is InChI=1S/C10H20N4O2/c1-3-8-7-13(2)5-4-6-14(8)10(16)9(15)12-11/h8H,3-7,11H2,1-2H3,(H,12,15). The third-order valence-electron chi connectivity index (χ3n) is 2.96. The molecule has 0 saturated carbocycles. The zero-order valence-electron chi connectivity index (χ0n) is 9.90. The van der Waals surface area contributed by atoms with Gasteiger partial charge in [0.15, 0.2) is 0 Å². The highest BCUT2D eigenvalue weighted by atomic mass is 16.2. The first-order valence-electron chi connectivity index (χ1n) is 5.60. The highest BCUT2D eigenvalue weighted by molar-refractivity contribution is 6.34. The van der Waals surface area contributed by atoms with Gasteiger partial charge in [0, 0.05) is 19.1 Å². The number of nitrogens with zero attached hydrogens (tertiary/aromatic N) is 2. The second-order valence-corrected chi connectivity index (χ2v) is 4.15. The van der Waals surface area contributed by atoms with Crippen LogP contribution in [0.5, 0.6) is 0 Å². The predicted octanol–water partition coefficient (Wildman–Crippen LogP) is -1.08. The average Bonchev–Trinajstić information content (AvgIpc) is 2.48. The average molecular weight is 228 g/mol. The number of hydrogen-bond donors (Lipinski definition) is 2. The summed E-state index contributed by atoms with van der Waals surface area (Å²) in [6.07, 6.45) is 1.73. The number of nitrogens with two attached hydrogens (primary N) is 1. The van der Waals surface area contributed by atoms with E-state index in [2.05, 4.69) is 4.90 Å². The molecule has 6 heteroatoms. The van der Waals surface area contributed by atoms with Crippen molar-refractivity contribution in [3.05, 3.63) is 0 Å². The summed E-state index contributed by atoms with van der Waals surface area (Å²) in [5, 5.41) is 0. The Morgan fingerprint density at radius 3 is 2.69 bits per heavy atom. The Kier molecular flexibility index (Phi) is 4.70. The molecule has 1 fully saturated rings. The van der Waals surface area contributed by atoms with Crippen LogP contribution in [0.15, 0.2) is 0 Å². The molecule has 1 unspecified atom stereocenters. The van der Waals surface area contributed by atoms with Crippen molar-refractivity contribution in [2.45, 2.75) is 25.8 Å². The molecule has 1 saturated heterocycles. The minimum absolute atomic E-state index is 0.0947. The summed E-state index contributed by atoms with van der Waals surface area (Å²) in [6.45, 7) is 4.39. The molecule has 0 aromatic heterocycles. The van der Waals surface area contributed by atoms with Gasteiger partial charge in [-0.25, -0.2) is 5.84 Å². The van der Waals surface area contributed by atoms with E-state index in [1.54, 1.807) is 4.90 Å². The summed E-state index contributed by atoms with van der Waals surface area (Å²) < 4.78 is 0. The lowest BCUT2D eigenvalue weighted by atomic mass is 10.2. The Morgan fingerprint density at radius 2 is 2.12 bits per heavy atom. The van der Waals surface area contributed by atoms with Gasteiger partial charge in [0.2, 0.25) is 0 Å². The molecule has 1 aliphatic rings. The van der Waals surface area contributed by atoms with Crippen LogP contribution >= 0.6 is 0 Å². The minimum atomic E-state index is -0.733. The van der Waals surface area contributed by atoms with Gasteiger partial charge in [0.25, 0.3) is 0 Å². The zero-order valence-corrected chi connectivity index (χ0v) is 9.90. The van der Waals surface area contributed by atoms with Gasteiger partial charge in [-0.05, 0) is 26.4 Å². The van der Waals surface area contributed by atoms with Crippen molar-refractivity contribution < 1.29 is 9.59 Å². The van der Waals surface area contributed by atoms with E-state index >= 15 is 0 Å². The summed E-state index contributed by atoms with van der Waals surface area (Å²) in [6, 6.07) is 0.0947. The summed E-state index contributed by atoms with van der Waals surface area (Å²) in [5.74, 6) is 3.72. The number of hydrogen-bond acceptors (Lipinski definition) is 4. The predicted molar refractivity (Wildman–Crippen MR) is 60.2 cm³/mol. The Bertz CT molecular complexity index is 270. The van der Waals surface area contributed by atoms with E-state index in [0.717, 1.165) is 25.9 Å². The lowest BCUT2D eigenvalue weighted by Crippen LogP contribution is -2.51. The van der Waals surface area contributed by atoms with Crippen LogP contribution in [0, 0.1) is 0 Å². The maximum Gasteiger partial charge on any atom is 0.323 e. The fraction of sp³-hybridized carbons (Fsp3) is 0.800. The molecular weight excluding hydrogens is 208 g/mol. The van der Waals surface area contributed by atoms with Gasteiger partial charge in [-0.2, -0.15) is 0 Å². The number of likely N-dealkylation sites (N-methyl/N-ethyl adjacent to an activating group) is 1. The largest absolute Gasteiger partial charge is 0.330 e. The van der Waals surface area contributed by atoms with Crippen molar-refractivity contribution in [3.8, 4) is 0 Å². The smallest absolute Gasteiger partial charge is 0.323 e. The topological polar surface area (TPSA) is 78.7 Å². The van der Waals surface area contributed by atoms with Crippen LogP contribution in [0.2, 0.25) is 0 Å². The molecule has 2 amide bonds. The number of carbonyl (C=O) groups excluding carboxylic acids is 2. The van der Waals surface area contributed by atoms with E-state index < -0.39 is 11.8 Å². The quantitative estimate of drug-likeness (QED) is 0.259. The van der Waals surface area contributed by atoms with Crippen LogP contribution in [0.4, 0.5) is 0 Å². The van der Waals surface area contributed by atoms with E-state index in [-0.39, 0.29) is 6.04 Å². The van der Waals surface area contributed by atoms with Crippen molar-refractivity contribution in [2.75, 3.05) is 26.7 Å². The summed E-state index contributed by atoms with van der Waals surface area (Å²) in [7, 11) is 2.03. The Labute approximate surface area is 95.7 Å². The Morgan fingerprint density at radius 1 is 1.44 bits per heavy atom. The van der Waals surface area contributed by atoms with E-state index in [1.165, 1.54) is 0 Å². The van der Waals surface area contributed by atoms with Crippen molar-refractivity contribution in [1.29, 1.82) is 0 Å². The maximum atomic E-state index is 11.8. The molecule has 0 aromatic carbocycles. The van der Waals surface area contributed by atoms with Gasteiger partial charge in [-0.15, -0.1) is 0 Å². The molecule has 3 N–H and O–H groups in total. The molecule has 92 valence electrons. The molecule has 0 bridgehead atoms. The fourth-order valence-corrected chi connectivity index (χ4v) is 2.05. The van der Waals surface area contributed by atoms with Crippen molar-refractivity contribution in [1.82, 2.24) is 15.2 Å². The van der Waals surface area contributed by atoms with Crippen LogP contribution < -0.4 is 11.3 Å². The van der Waals surface area contributed by atoms with Gasteiger partial charge in [-0.1, -0.05) is 6.92 Å². The molecule has 0 aromatic rings. The normalized spacial score (nSPS) is 22.7. The second kappa shape index (κ2) is 5.81. The van der Waals surface area contributed by atoms with Crippen LogP contribution in [0.25, 0.3) is 0 Å². The molecule has 6 nitrogen and oxygen atoms in total. The van der Waals surface area contributed by atoms with Crippen molar-refractivity contribution in [3.63, 3.8) is 0 Å². The molecule has 1 atom stereocenters. The molecule has 1 heterocycles. The molecule has 0 radical (unpaired) electrons. The SMILES string of the molecule is CCC1CN(C)CCCN1C(=O)C(=O)NN. The number of hydrazine groups is 1. The van der Waals surface area contributed by atoms with Crippen LogP contribution in [-0.2, 0) is 9.59 Å². The lowest BCUT2D eigenvalue weighted by Gasteiger charge is -2.29. The summed E-state index contributed by atoms with van der Waals surface area (Å²) in [5.41, 5.74) is 1.89. The van der Waals surface area contributed by atoms with Crippen LogP contribution in [0.3, 0.4) is 0 Å². The van der Waals surface area contributed by atoms with Crippen molar-refractivity contribution in [2.24, 2.45) is 5.84 Å². The van der Waals surface area contributed by atoms with Crippen LogP contribution in [0.1, 0.15) is 19.8 Å². The van der Waals surface area contributed by atoms with Gasteiger partial charge in [0.05, 0.1) is 0 Å². The van der Waals surface area contributed by atoms with Crippen LogP contribution in [-0.4, -0.2) is 54.3 Å². The Balaban J connectivity index is 2.75. The summed E-state index contributed by atoms with van der Waals surface area (Å²) >= 11 is 0. The van der Waals surface area contributed by atoms with E-state index in [1.807, 2.05) is 19.4 Å². The minimum Gasteiger partial charge on any atom is -0.330 e. The maximum absolute atomic E-state index is 11.8. The third-order valence-corrected chi connectivity index (χ3v) is 2.96. The second-order valence-electron chi connectivity index (χ2n) is 4.15. The van der Waals surface area contributed by atoms with E-state index in [4.69, 9.17) is 5.84 Å². The summed E-state index contributed by atoms with van der Waals surface area (Å²) in [4.78, 5) is 26.8. The highest BCUT2D eigenvalue weighted by Gasteiger charge is 2.29.